The van der Waals surface area contributed by atoms with Gasteiger partial charge in [-0.05, 0) is 65.9 Å². The molecule has 6 rings (SSSR count). The van der Waals surface area contributed by atoms with Crippen LogP contribution in [0, 0.1) is 23.3 Å². The zero-order valence-electron chi connectivity index (χ0n) is 37.4. The van der Waals surface area contributed by atoms with Crippen LogP contribution in [0.4, 0.5) is 0 Å². The lowest BCUT2D eigenvalue weighted by Crippen LogP contribution is -2.43. The summed E-state index contributed by atoms with van der Waals surface area (Å²) in [5.74, 6) is 10.6. The molecule has 2 aromatic heterocycles. The first kappa shape index (κ1) is 44.6. The Labute approximate surface area is 357 Å². The third-order valence-corrected chi connectivity index (χ3v) is 19.4. The summed E-state index contributed by atoms with van der Waals surface area (Å²) in [6, 6.07) is 17.1. The van der Waals surface area contributed by atoms with Gasteiger partial charge in [0.25, 0.3) is 22.2 Å². The molecule has 0 fully saturated rings. The quantitative estimate of drug-likeness (QED) is 0.0397. The van der Waals surface area contributed by atoms with Crippen LogP contribution < -0.4 is 22.2 Å². The molecular weight excluding hydrogens is 757 g/mol. The van der Waals surface area contributed by atoms with Crippen LogP contribution in [0.15, 0.2) is 73.8 Å². The second-order valence-corrected chi connectivity index (χ2v) is 23.5. The van der Waals surface area contributed by atoms with Gasteiger partial charge in [0.2, 0.25) is 0 Å². The smallest absolute Gasteiger partial charge is 0.261 e. The Bertz CT molecular complexity index is 2670. The van der Waals surface area contributed by atoms with Gasteiger partial charge in [0.05, 0.1) is 21.5 Å². The molecule has 0 amide bonds. The first-order chi connectivity index (χ1) is 28.9. The minimum absolute atomic E-state index is 0.281. The van der Waals surface area contributed by atoms with E-state index >= 15 is 0 Å². The molecule has 0 aliphatic carbocycles. The SMILES string of the molecule is CCCCCCCCn1c(=O)c2cc3c(C#Cc4ccccc4)c4cc5c(=O)n(CCCCCCCC)c(=O)c5cc4c(C#C[Si](C(C)C)(C(C)C)C(C)C)c3cc2c1=O. The van der Waals surface area contributed by atoms with E-state index in [4.69, 9.17) is 0 Å². The molecule has 0 radical (unpaired) electrons. The molecule has 0 spiro atoms. The van der Waals surface area contributed by atoms with Crippen molar-refractivity contribution < 1.29 is 0 Å². The van der Waals surface area contributed by atoms with Crippen LogP contribution in [0.1, 0.15) is 149 Å². The van der Waals surface area contributed by atoms with Crippen molar-refractivity contribution in [2.45, 2.75) is 162 Å². The maximum atomic E-state index is 14.2. The highest BCUT2D eigenvalue weighted by Crippen LogP contribution is 2.42. The first-order valence-corrected chi connectivity index (χ1v) is 25.0. The van der Waals surface area contributed by atoms with E-state index < -0.39 is 8.07 Å². The fourth-order valence-electron chi connectivity index (χ4n) is 9.83. The summed E-state index contributed by atoms with van der Waals surface area (Å²) in [5, 5.41) is 4.37. The number of unbranched alkanes of at least 4 members (excludes halogenated alkanes) is 10. The predicted octanol–water partition coefficient (Wildman–Crippen LogP) is 11.9. The molecule has 314 valence electrons. The molecule has 6 nitrogen and oxygen atoms in total. The number of benzene rings is 4. The molecular formula is C53H64N2O4Si. The second kappa shape index (κ2) is 19.6. The van der Waals surface area contributed by atoms with Crippen LogP contribution in [0.25, 0.3) is 43.1 Å². The van der Waals surface area contributed by atoms with Crippen molar-refractivity contribution in [1.29, 1.82) is 0 Å². The van der Waals surface area contributed by atoms with Crippen LogP contribution in [0.3, 0.4) is 0 Å². The third kappa shape index (κ3) is 8.75. The van der Waals surface area contributed by atoms with Gasteiger partial charge in [0.1, 0.15) is 8.07 Å². The monoisotopic (exact) mass is 820 g/mol. The van der Waals surface area contributed by atoms with Crippen molar-refractivity contribution in [2.24, 2.45) is 0 Å². The summed E-state index contributed by atoms with van der Waals surface area (Å²) in [4.78, 5) is 56.6. The van der Waals surface area contributed by atoms with Gasteiger partial charge < -0.3 is 0 Å². The highest BCUT2D eigenvalue weighted by molar-refractivity contribution is 6.90. The fraction of sp³-hybridized carbons (Fsp3) is 0.472. The van der Waals surface area contributed by atoms with Crippen LogP contribution in [0.5, 0.6) is 0 Å². The average molecular weight is 821 g/mol. The molecule has 6 aromatic rings. The van der Waals surface area contributed by atoms with E-state index in [-0.39, 0.29) is 22.2 Å². The van der Waals surface area contributed by atoms with Crippen LogP contribution in [-0.2, 0) is 13.1 Å². The van der Waals surface area contributed by atoms with Gasteiger partial charge in [-0.2, -0.15) is 0 Å². The summed E-state index contributed by atoms with van der Waals surface area (Å²) in [5.41, 5.74) is 6.08. The Hall–Kier alpha value is -4.98. The highest BCUT2D eigenvalue weighted by atomic mass is 28.3. The number of hydrogen-bond donors (Lipinski definition) is 0. The van der Waals surface area contributed by atoms with E-state index in [1.54, 1.807) is 0 Å². The zero-order valence-corrected chi connectivity index (χ0v) is 38.4. The van der Waals surface area contributed by atoms with Crippen molar-refractivity contribution in [3.8, 4) is 23.3 Å². The maximum absolute atomic E-state index is 14.2. The summed E-state index contributed by atoms with van der Waals surface area (Å²) >= 11 is 0. The Balaban J connectivity index is 1.69. The van der Waals surface area contributed by atoms with E-state index in [0.717, 1.165) is 80.5 Å². The molecule has 0 N–H and O–H groups in total. The van der Waals surface area contributed by atoms with E-state index in [0.29, 0.717) is 73.2 Å². The molecule has 0 unspecified atom stereocenters. The second-order valence-electron chi connectivity index (χ2n) is 18.0. The van der Waals surface area contributed by atoms with Gasteiger partial charge >= 0.3 is 0 Å². The van der Waals surface area contributed by atoms with Gasteiger partial charge in [0, 0.05) is 51.3 Å². The van der Waals surface area contributed by atoms with Crippen LogP contribution >= 0.6 is 0 Å². The number of rotatable bonds is 17. The van der Waals surface area contributed by atoms with Crippen LogP contribution in [-0.4, -0.2) is 17.2 Å². The molecule has 0 bridgehead atoms. The molecule has 0 aliphatic heterocycles. The van der Waals surface area contributed by atoms with Crippen molar-refractivity contribution in [3.05, 3.63) is 113 Å². The fourth-order valence-corrected chi connectivity index (χ4v) is 15.0. The summed E-state index contributed by atoms with van der Waals surface area (Å²) in [7, 11) is -2.27. The molecule has 60 heavy (non-hydrogen) atoms. The van der Waals surface area contributed by atoms with E-state index in [2.05, 4.69) is 78.7 Å². The van der Waals surface area contributed by atoms with Gasteiger partial charge in [-0.1, -0.05) is 156 Å². The van der Waals surface area contributed by atoms with E-state index in [1.165, 1.54) is 22.0 Å². The minimum Gasteiger partial charge on any atom is -0.274 e. The standard InChI is InChI=1S/C53H64N2O4Si/c1-9-11-13-15-17-22-29-54-50(56)46-32-42-40(27-26-39-24-20-19-21-25-39)43-33-47-49(53(59)55(51(47)57)30-23-18-16-14-12-10-2)35-45(43)41(44(42)34-48(46)52(54)58)28-31-60(36(3)4,37(5)6)38(7)8/h19-21,24-25,32-38H,9-18,22-23,29-30H2,1-8H3. The average Bonchev–Trinajstić information content (AvgIpc) is 3.60. The molecule has 0 atom stereocenters. The van der Waals surface area contributed by atoms with Crippen LogP contribution in [0.2, 0.25) is 16.6 Å². The van der Waals surface area contributed by atoms with Crippen molar-refractivity contribution in [2.75, 3.05) is 0 Å². The Morgan fingerprint density at radius 1 is 0.450 bits per heavy atom. The Morgan fingerprint density at radius 3 is 1.17 bits per heavy atom. The van der Waals surface area contributed by atoms with Gasteiger partial charge in [-0.25, -0.2) is 0 Å². The topological polar surface area (TPSA) is 78.1 Å². The van der Waals surface area contributed by atoms with Gasteiger partial charge in [-0.15, -0.1) is 5.54 Å². The molecule has 0 saturated carbocycles. The Kier molecular flexibility index (Phi) is 14.6. The number of fused-ring (bicyclic) bond motifs is 4. The van der Waals surface area contributed by atoms with E-state index in [1.807, 2.05) is 54.6 Å². The third-order valence-electron chi connectivity index (χ3n) is 13.1. The minimum atomic E-state index is -2.27. The van der Waals surface area contributed by atoms with Crippen molar-refractivity contribution >= 4 is 51.2 Å². The van der Waals surface area contributed by atoms with Crippen molar-refractivity contribution in [1.82, 2.24) is 9.13 Å². The number of aromatic nitrogens is 2. The summed E-state index contributed by atoms with van der Waals surface area (Å²) < 4.78 is 2.81. The highest BCUT2D eigenvalue weighted by Gasteiger charge is 2.41. The Morgan fingerprint density at radius 2 is 0.800 bits per heavy atom. The molecule has 4 aromatic carbocycles. The molecule has 0 saturated heterocycles. The summed E-state index contributed by atoms with van der Waals surface area (Å²) in [6.45, 7) is 18.8. The maximum Gasteiger partial charge on any atom is 0.261 e. The van der Waals surface area contributed by atoms with Crippen molar-refractivity contribution in [3.63, 3.8) is 0 Å². The first-order valence-electron chi connectivity index (χ1n) is 22.8. The normalized spacial score (nSPS) is 12.1. The molecule has 2 heterocycles. The lowest BCUT2D eigenvalue weighted by Gasteiger charge is -2.38. The largest absolute Gasteiger partial charge is 0.274 e. The lowest BCUT2D eigenvalue weighted by atomic mass is 9.89. The van der Waals surface area contributed by atoms with Gasteiger partial charge in [-0.3, -0.25) is 28.3 Å². The lowest BCUT2D eigenvalue weighted by molar-refractivity contribution is 0.547. The van der Waals surface area contributed by atoms with E-state index in [9.17, 15) is 19.2 Å². The molecule has 0 aliphatic rings. The zero-order chi connectivity index (χ0) is 43.1. The number of nitrogens with zero attached hydrogens (tertiary/aromatic N) is 2. The predicted molar refractivity (Wildman–Crippen MR) is 257 cm³/mol. The molecule has 7 heteroatoms. The number of hydrogen-bond acceptors (Lipinski definition) is 4. The van der Waals surface area contributed by atoms with Gasteiger partial charge in [0.15, 0.2) is 0 Å². The summed E-state index contributed by atoms with van der Waals surface area (Å²) in [6.07, 6.45) is 12.6.